The second-order valence-corrected chi connectivity index (χ2v) is 5.88. The van der Waals surface area contributed by atoms with Crippen molar-refractivity contribution in [2.75, 3.05) is 40.4 Å². The highest BCUT2D eigenvalue weighted by molar-refractivity contribution is 5.78. The Labute approximate surface area is 131 Å². The molecule has 0 aliphatic carbocycles. The first-order valence-corrected chi connectivity index (χ1v) is 7.84. The minimum atomic E-state index is -0.239. The molecule has 1 aromatic rings. The lowest BCUT2D eigenvalue weighted by Gasteiger charge is -2.37. The van der Waals surface area contributed by atoms with E-state index in [1.165, 1.54) is 12.1 Å². The number of hydrogen-bond donors (Lipinski definition) is 0. The van der Waals surface area contributed by atoms with Crippen LogP contribution >= 0.6 is 0 Å². The summed E-state index contributed by atoms with van der Waals surface area (Å²) >= 11 is 0. The Balaban J connectivity index is 2.02. The zero-order valence-corrected chi connectivity index (χ0v) is 13.4. The first kappa shape index (κ1) is 16.9. The minimum Gasteiger partial charge on any atom is -0.383 e. The number of ether oxygens (including phenoxy) is 1. The fraction of sp³-hybridized carbons (Fsp3) is 0.588. The summed E-state index contributed by atoms with van der Waals surface area (Å²) < 4.78 is 18.1. The van der Waals surface area contributed by atoms with E-state index in [1.54, 1.807) is 19.2 Å². The molecule has 1 saturated heterocycles. The average molecular weight is 308 g/mol. The van der Waals surface area contributed by atoms with E-state index in [4.69, 9.17) is 4.74 Å². The Morgan fingerprint density at radius 2 is 2.09 bits per heavy atom. The molecule has 0 aromatic heterocycles. The molecule has 1 amide bonds. The smallest absolute Gasteiger partial charge is 0.237 e. The Morgan fingerprint density at radius 1 is 1.36 bits per heavy atom. The van der Waals surface area contributed by atoms with Crippen molar-refractivity contribution < 1.29 is 13.9 Å². The molecule has 0 radical (unpaired) electrons. The van der Waals surface area contributed by atoms with Gasteiger partial charge in [0.15, 0.2) is 0 Å². The van der Waals surface area contributed by atoms with Gasteiger partial charge in [-0.05, 0) is 44.0 Å². The molecule has 0 N–H and O–H groups in total. The van der Waals surface area contributed by atoms with Crippen LogP contribution in [0, 0.1) is 5.82 Å². The first-order valence-electron chi connectivity index (χ1n) is 7.84. The molecular formula is C17H25FN2O2. The lowest BCUT2D eigenvalue weighted by Crippen LogP contribution is -2.44. The SMILES string of the molecule is COCCN(C)CC(=O)N1CCCC[C@@H]1c1ccc(F)cc1. The molecule has 0 unspecified atom stereocenters. The summed E-state index contributed by atoms with van der Waals surface area (Å²) in [7, 11) is 3.58. The molecule has 1 atom stereocenters. The summed E-state index contributed by atoms with van der Waals surface area (Å²) in [5.41, 5.74) is 1.02. The number of nitrogens with zero attached hydrogens (tertiary/aromatic N) is 2. The van der Waals surface area contributed by atoms with Crippen molar-refractivity contribution in [3.05, 3.63) is 35.6 Å². The van der Waals surface area contributed by atoms with Gasteiger partial charge in [-0.15, -0.1) is 0 Å². The van der Waals surface area contributed by atoms with Crippen LogP contribution in [0.2, 0.25) is 0 Å². The molecule has 1 aromatic carbocycles. The molecule has 122 valence electrons. The number of halogens is 1. The molecule has 1 heterocycles. The van der Waals surface area contributed by atoms with Gasteiger partial charge in [0, 0.05) is 20.2 Å². The summed E-state index contributed by atoms with van der Waals surface area (Å²) in [6.45, 7) is 2.52. The van der Waals surface area contributed by atoms with Gasteiger partial charge in [0.1, 0.15) is 5.82 Å². The quantitative estimate of drug-likeness (QED) is 0.809. The first-order chi connectivity index (χ1) is 10.6. The van der Waals surface area contributed by atoms with Gasteiger partial charge >= 0.3 is 0 Å². The highest BCUT2D eigenvalue weighted by atomic mass is 19.1. The second-order valence-electron chi connectivity index (χ2n) is 5.88. The third-order valence-corrected chi connectivity index (χ3v) is 4.16. The molecule has 0 bridgehead atoms. The number of likely N-dealkylation sites (tertiary alicyclic amines) is 1. The summed E-state index contributed by atoms with van der Waals surface area (Å²) in [4.78, 5) is 16.5. The minimum absolute atomic E-state index is 0.0673. The van der Waals surface area contributed by atoms with Gasteiger partial charge in [-0.1, -0.05) is 12.1 Å². The molecular weight excluding hydrogens is 283 g/mol. The summed E-state index contributed by atoms with van der Waals surface area (Å²) in [5.74, 6) is -0.107. The van der Waals surface area contributed by atoms with E-state index in [-0.39, 0.29) is 17.8 Å². The van der Waals surface area contributed by atoms with Crippen molar-refractivity contribution in [2.45, 2.75) is 25.3 Å². The van der Waals surface area contributed by atoms with Crippen molar-refractivity contribution in [3.63, 3.8) is 0 Å². The van der Waals surface area contributed by atoms with Crippen LogP contribution in [-0.4, -0.2) is 56.1 Å². The van der Waals surface area contributed by atoms with Gasteiger partial charge in [-0.3, -0.25) is 9.69 Å². The number of benzene rings is 1. The zero-order valence-electron chi connectivity index (χ0n) is 13.4. The van der Waals surface area contributed by atoms with Crippen LogP contribution in [0.25, 0.3) is 0 Å². The molecule has 22 heavy (non-hydrogen) atoms. The Morgan fingerprint density at radius 3 is 2.77 bits per heavy atom. The predicted molar refractivity (Wildman–Crippen MR) is 84.1 cm³/mol. The number of likely N-dealkylation sites (N-methyl/N-ethyl adjacent to an activating group) is 1. The van der Waals surface area contributed by atoms with Gasteiger partial charge in [0.25, 0.3) is 0 Å². The molecule has 0 spiro atoms. The van der Waals surface area contributed by atoms with Crippen LogP contribution in [0.1, 0.15) is 30.9 Å². The summed E-state index contributed by atoms with van der Waals surface area (Å²) in [6.07, 6.45) is 3.08. The highest BCUT2D eigenvalue weighted by Gasteiger charge is 2.28. The van der Waals surface area contributed by atoms with E-state index >= 15 is 0 Å². The second kappa shape index (κ2) is 8.25. The van der Waals surface area contributed by atoms with Crippen molar-refractivity contribution in [3.8, 4) is 0 Å². The molecule has 1 aliphatic rings. The number of piperidine rings is 1. The van der Waals surface area contributed by atoms with E-state index < -0.39 is 0 Å². The maximum atomic E-state index is 13.1. The van der Waals surface area contributed by atoms with Crippen LogP contribution in [0.15, 0.2) is 24.3 Å². The summed E-state index contributed by atoms with van der Waals surface area (Å²) in [6, 6.07) is 6.59. The van der Waals surface area contributed by atoms with E-state index in [2.05, 4.69) is 0 Å². The number of hydrogen-bond acceptors (Lipinski definition) is 3. The Bertz CT molecular complexity index is 478. The fourth-order valence-corrected chi connectivity index (χ4v) is 2.91. The van der Waals surface area contributed by atoms with Gasteiger partial charge in [0.2, 0.25) is 5.91 Å². The average Bonchev–Trinajstić information content (AvgIpc) is 2.53. The third kappa shape index (κ3) is 4.52. The molecule has 2 rings (SSSR count). The maximum absolute atomic E-state index is 13.1. The van der Waals surface area contributed by atoms with Gasteiger partial charge in [0.05, 0.1) is 19.2 Å². The van der Waals surface area contributed by atoms with Crippen molar-refractivity contribution in [2.24, 2.45) is 0 Å². The maximum Gasteiger partial charge on any atom is 0.237 e. The Hall–Kier alpha value is -1.46. The molecule has 0 saturated carbocycles. The number of carbonyl (C=O) groups is 1. The van der Waals surface area contributed by atoms with Gasteiger partial charge in [-0.2, -0.15) is 0 Å². The normalized spacial score (nSPS) is 18.7. The molecule has 5 heteroatoms. The zero-order chi connectivity index (χ0) is 15.9. The van der Waals surface area contributed by atoms with Gasteiger partial charge < -0.3 is 9.64 Å². The van der Waals surface area contributed by atoms with E-state index in [1.807, 2.05) is 16.8 Å². The van der Waals surface area contributed by atoms with Crippen LogP contribution in [-0.2, 0) is 9.53 Å². The highest BCUT2D eigenvalue weighted by Crippen LogP contribution is 2.31. The standard InChI is InChI=1S/C17H25FN2O2/c1-19(11-12-22-2)13-17(21)20-10-4-3-5-16(20)14-6-8-15(18)9-7-14/h6-9,16H,3-5,10-13H2,1-2H3/t16-/m1/s1. The topological polar surface area (TPSA) is 32.8 Å². The number of carbonyl (C=O) groups excluding carboxylic acids is 1. The molecule has 4 nitrogen and oxygen atoms in total. The third-order valence-electron chi connectivity index (χ3n) is 4.16. The van der Waals surface area contributed by atoms with Crippen molar-refractivity contribution in [1.82, 2.24) is 9.80 Å². The van der Waals surface area contributed by atoms with E-state index in [0.717, 1.165) is 37.9 Å². The van der Waals surface area contributed by atoms with E-state index in [9.17, 15) is 9.18 Å². The van der Waals surface area contributed by atoms with Crippen molar-refractivity contribution in [1.29, 1.82) is 0 Å². The van der Waals surface area contributed by atoms with Crippen LogP contribution in [0.3, 0.4) is 0 Å². The van der Waals surface area contributed by atoms with Crippen LogP contribution in [0.4, 0.5) is 4.39 Å². The van der Waals surface area contributed by atoms with Crippen LogP contribution in [0.5, 0.6) is 0 Å². The molecule has 1 fully saturated rings. The number of rotatable bonds is 6. The monoisotopic (exact) mass is 308 g/mol. The Kier molecular flexibility index (Phi) is 6.34. The largest absolute Gasteiger partial charge is 0.383 e. The number of amides is 1. The van der Waals surface area contributed by atoms with Gasteiger partial charge in [-0.25, -0.2) is 4.39 Å². The van der Waals surface area contributed by atoms with E-state index in [0.29, 0.717) is 13.2 Å². The summed E-state index contributed by atoms with van der Waals surface area (Å²) in [5, 5.41) is 0. The molecule has 1 aliphatic heterocycles. The number of methoxy groups -OCH3 is 1. The lowest BCUT2D eigenvalue weighted by atomic mass is 9.95. The predicted octanol–water partition coefficient (Wildman–Crippen LogP) is 2.46. The fourth-order valence-electron chi connectivity index (χ4n) is 2.91. The van der Waals surface area contributed by atoms with Crippen molar-refractivity contribution >= 4 is 5.91 Å². The van der Waals surface area contributed by atoms with Crippen LogP contribution < -0.4 is 0 Å². The lowest BCUT2D eigenvalue weighted by molar-refractivity contribution is -0.136.